The number of aromatic amines is 1. The van der Waals surface area contributed by atoms with E-state index in [0.717, 1.165) is 0 Å². The van der Waals surface area contributed by atoms with Crippen LogP contribution in [0.1, 0.15) is 10.4 Å². The molecule has 21 heavy (non-hydrogen) atoms. The topological polar surface area (TPSA) is 75.1 Å². The second kappa shape index (κ2) is 4.95. The van der Waals surface area contributed by atoms with Crippen molar-refractivity contribution in [2.45, 2.75) is 0 Å². The number of nitrogens with zero attached hydrogens (tertiary/aromatic N) is 1. The number of fused-ring (bicyclic) bond motifs is 1. The Labute approximate surface area is 128 Å². The van der Waals surface area contributed by atoms with Gasteiger partial charge in [0.15, 0.2) is 0 Å². The lowest BCUT2D eigenvalue weighted by Crippen LogP contribution is -2.14. The molecule has 2 aromatic carbocycles. The van der Waals surface area contributed by atoms with Crippen molar-refractivity contribution in [3.63, 3.8) is 0 Å². The predicted octanol–water partition coefficient (Wildman–Crippen LogP) is 3.32. The number of rotatable bonds is 2. The molecule has 0 aliphatic heterocycles. The smallest absolute Gasteiger partial charge is 0.337 e. The number of benzene rings is 2. The Balaban J connectivity index is 2.35. The summed E-state index contributed by atoms with van der Waals surface area (Å²) in [5.41, 5.74) is 0.808. The first-order valence-electron chi connectivity index (χ1n) is 5.91. The molecule has 0 aliphatic rings. The number of carboxylic acid groups (broad SMARTS) is 1. The highest BCUT2D eigenvalue weighted by atomic mass is 35.5. The van der Waals surface area contributed by atoms with Crippen molar-refractivity contribution in [1.82, 2.24) is 9.55 Å². The molecule has 7 heteroatoms. The van der Waals surface area contributed by atoms with E-state index in [2.05, 4.69) is 4.98 Å². The Hall–Kier alpha value is -2.24. The van der Waals surface area contributed by atoms with Crippen molar-refractivity contribution < 1.29 is 9.90 Å². The second-order valence-corrected chi connectivity index (χ2v) is 5.18. The van der Waals surface area contributed by atoms with Gasteiger partial charge in [0.05, 0.1) is 32.3 Å². The molecule has 5 nitrogen and oxygen atoms in total. The zero-order valence-electron chi connectivity index (χ0n) is 10.4. The molecule has 0 bridgehead atoms. The molecule has 1 heterocycles. The summed E-state index contributed by atoms with van der Waals surface area (Å²) in [6.07, 6.45) is 0. The van der Waals surface area contributed by atoms with Crippen LogP contribution in [0.3, 0.4) is 0 Å². The van der Waals surface area contributed by atoms with Gasteiger partial charge in [0.1, 0.15) is 0 Å². The van der Waals surface area contributed by atoms with E-state index in [1.165, 1.54) is 10.6 Å². The molecular weight excluding hydrogens is 315 g/mol. The second-order valence-electron chi connectivity index (χ2n) is 4.37. The van der Waals surface area contributed by atoms with Gasteiger partial charge in [-0.15, -0.1) is 0 Å². The van der Waals surface area contributed by atoms with Crippen LogP contribution in [0, 0.1) is 0 Å². The van der Waals surface area contributed by atoms with Crippen molar-refractivity contribution in [2.75, 3.05) is 0 Å². The molecule has 0 saturated heterocycles. The van der Waals surface area contributed by atoms with E-state index in [4.69, 9.17) is 28.3 Å². The first kappa shape index (κ1) is 13.7. The number of hydrogen-bond donors (Lipinski definition) is 2. The van der Waals surface area contributed by atoms with Crippen LogP contribution in [-0.2, 0) is 0 Å². The monoisotopic (exact) mass is 322 g/mol. The molecule has 0 aliphatic carbocycles. The van der Waals surface area contributed by atoms with E-state index in [-0.39, 0.29) is 11.1 Å². The van der Waals surface area contributed by atoms with Crippen LogP contribution in [0.5, 0.6) is 0 Å². The summed E-state index contributed by atoms with van der Waals surface area (Å²) in [4.78, 5) is 25.9. The van der Waals surface area contributed by atoms with Gasteiger partial charge in [-0.05, 0) is 30.3 Å². The average Bonchev–Trinajstić information content (AvgIpc) is 2.77. The van der Waals surface area contributed by atoms with E-state index in [9.17, 15) is 9.59 Å². The Kier molecular flexibility index (Phi) is 3.23. The lowest BCUT2D eigenvalue weighted by Gasteiger charge is -2.05. The lowest BCUT2D eigenvalue weighted by molar-refractivity contribution is 0.0699. The zero-order valence-corrected chi connectivity index (χ0v) is 11.9. The van der Waals surface area contributed by atoms with Gasteiger partial charge in [0.2, 0.25) is 0 Å². The van der Waals surface area contributed by atoms with E-state index < -0.39 is 11.7 Å². The van der Waals surface area contributed by atoms with Crippen molar-refractivity contribution in [1.29, 1.82) is 0 Å². The molecule has 0 radical (unpaired) electrons. The van der Waals surface area contributed by atoms with Crippen LogP contribution in [0.15, 0.2) is 41.2 Å². The Morgan fingerprint density at radius 1 is 1.14 bits per heavy atom. The molecule has 0 saturated carbocycles. The zero-order chi connectivity index (χ0) is 15.1. The molecule has 0 amide bonds. The van der Waals surface area contributed by atoms with Gasteiger partial charge in [-0.2, -0.15) is 0 Å². The van der Waals surface area contributed by atoms with Gasteiger partial charge >= 0.3 is 11.7 Å². The highest BCUT2D eigenvalue weighted by Crippen LogP contribution is 2.26. The van der Waals surface area contributed by atoms with E-state index >= 15 is 0 Å². The molecule has 106 valence electrons. The summed E-state index contributed by atoms with van der Waals surface area (Å²) in [7, 11) is 0. The Bertz CT molecular complexity index is 928. The van der Waals surface area contributed by atoms with E-state index in [1.54, 1.807) is 30.3 Å². The molecule has 3 aromatic rings. The fourth-order valence-electron chi connectivity index (χ4n) is 2.19. The van der Waals surface area contributed by atoms with Gasteiger partial charge in [0, 0.05) is 0 Å². The molecule has 0 atom stereocenters. The van der Waals surface area contributed by atoms with Gasteiger partial charge in [0.25, 0.3) is 0 Å². The molecule has 1 aromatic heterocycles. The third kappa shape index (κ3) is 2.20. The number of aromatic nitrogens is 2. The van der Waals surface area contributed by atoms with Crippen molar-refractivity contribution in [2.24, 2.45) is 0 Å². The number of para-hydroxylation sites is 1. The first-order valence-corrected chi connectivity index (χ1v) is 6.67. The van der Waals surface area contributed by atoms with E-state index in [0.29, 0.717) is 21.2 Å². The SMILES string of the molecule is O=C(O)c1cccc2c1[nH]c(=O)n2-c1ccc(Cl)c(Cl)c1. The average molecular weight is 323 g/mol. The summed E-state index contributed by atoms with van der Waals surface area (Å²) in [6.45, 7) is 0. The molecule has 3 rings (SSSR count). The standard InChI is InChI=1S/C14H8Cl2N2O3/c15-9-5-4-7(6-10(9)16)18-11-3-1-2-8(13(19)20)12(11)17-14(18)21/h1-6H,(H,17,21)(H,19,20). The fraction of sp³-hybridized carbons (Fsp3) is 0. The number of carboxylic acids is 1. The minimum Gasteiger partial charge on any atom is -0.478 e. The lowest BCUT2D eigenvalue weighted by atomic mass is 10.2. The molecule has 2 N–H and O–H groups in total. The van der Waals surface area contributed by atoms with Crippen LogP contribution in [-0.4, -0.2) is 20.6 Å². The molecule has 0 fully saturated rings. The van der Waals surface area contributed by atoms with Crippen LogP contribution < -0.4 is 5.69 Å². The summed E-state index contributed by atoms with van der Waals surface area (Å²) < 4.78 is 1.35. The highest BCUT2D eigenvalue weighted by molar-refractivity contribution is 6.42. The summed E-state index contributed by atoms with van der Waals surface area (Å²) in [5, 5.41) is 9.85. The van der Waals surface area contributed by atoms with Gasteiger partial charge in [-0.1, -0.05) is 29.3 Å². The first-order chi connectivity index (χ1) is 9.99. The summed E-state index contributed by atoms with van der Waals surface area (Å²) in [6, 6.07) is 9.42. The minimum atomic E-state index is -1.11. The third-order valence-corrected chi connectivity index (χ3v) is 3.85. The van der Waals surface area contributed by atoms with Crippen LogP contribution in [0.2, 0.25) is 10.0 Å². The summed E-state index contributed by atoms with van der Waals surface area (Å²) in [5.74, 6) is -1.11. The number of halogens is 2. The number of aromatic carboxylic acids is 1. The van der Waals surface area contributed by atoms with Crippen LogP contribution in [0.25, 0.3) is 16.7 Å². The van der Waals surface area contributed by atoms with E-state index in [1.807, 2.05) is 0 Å². The maximum absolute atomic E-state index is 12.1. The normalized spacial score (nSPS) is 11.0. The van der Waals surface area contributed by atoms with Gasteiger partial charge in [-0.3, -0.25) is 4.57 Å². The molecule has 0 unspecified atom stereocenters. The third-order valence-electron chi connectivity index (χ3n) is 3.11. The minimum absolute atomic E-state index is 0.0309. The largest absolute Gasteiger partial charge is 0.478 e. The number of imidazole rings is 1. The van der Waals surface area contributed by atoms with Crippen LogP contribution in [0.4, 0.5) is 0 Å². The van der Waals surface area contributed by atoms with Gasteiger partial charge < -0.3 is 10.1 Å². The molecular formula is C14H8Cl2N2O3. The predicted molar refractivity (Wildman–Crippen MR) is 80.9 cm³/mol. The fourth-order valence-corrected chi connectivity index (χ4v) is 2.48. The number of hydrogen-bond acceptors (Lipinski definition) is 2. The highest BCUT2D eigenvalue weighted by Gasteiger charge is 2.15. The van der Waals surface area contributed by atoms with Gasteiger partial charge in [-0.25, -0.2) is 9.59 Å². The van der Waals surface area contributed by atoms with Crippen molar-refractivity contribution in [3.05, 3.63) is 62.5 Å². The summed E-state index contributed by atoms with van der Waals surface area (Å²) >= 11 is 11.8. The van der Waals surface area contributed by atoms with Crippen molar-refractivity contribution in [3.8, 4) is 5.69 Å². The Morgan fingerprint density at radius 3 is 2.57 bits per heavy atom. The maximum Gasteiger partial charge on any atom is 0.337 e. The quantitative estimate of drug-likeness (QED) is 0.759. The van der Waals surface area contributed by atoms with Crippen molar-refractivity contribution >= 4 is 40.2 Å². The number of carbonyl (C=O) groups is 1. The maximum atomic E-state index is 12.1. The van der Waals surface area contributed by atoms with Crippen LogP contribution >= 0.6 is 23.2 Å². The number of nitrogens with one attached hydrogen (secondary N) is 1. The molecule has 0 spiro atoms. The Morgan fingerprint density at radius 2 is 1.90 bits per heavy atom. The number of H-pyrrole nitrogens is 1.